The second-order valence-corrected chi connectivity index (χ2v) is 9.90. The minimum atomic E-state index is -3.71. The van der Waals surface area contributed by atoms with E-state index < -0.39 is 10.1 Å². The maximum atomic E-state index is 12.4. The van der Waals surface area contributed by atoms with Crippen molar-refractivity contribution in [2.75, 3.05) is 6.61 Å². The van der Waals surface area contributed by atoms with Gasteiger partial charge in [0.2, 0.25) is 0 Å². The second-order valence-electron chi connectivity index (χ2n) is 8.28. The highest BCUT2D eigenvalue weighted by atomic mass is 32.2. The summed E-state index contributed by atoms with van der Waals surface area (Å²) in [4.78, 5) is 0.217. The quantitative estimate of drug-likeness (QED) is 0.803. The molecule has 2 aliphatic carbocycles. The van der Waals surface area contributed by atoms with Crippen molar-refractivity contribution >= 4 is 10.1 Å². The predicted octanol–water partition coefficient (Wildman–Crippen LogP) is 3.91. The summed E-state index contributed by atoms with van der Waals surface area (Å²) in [6, 6.07) is 6.76. The van der Waals surface area contributed by atoms with Gasteiger partial charge >= 0.3 is 0 Å². The minimum Gasteiger partial charge on any atom is -0.393 e. The van der Waals surface area contributed by atoms with E-state index in [2.05, 4.69) is 13.8 Å². The van der Waals surface area contributed by atoms with E-state index in [-0.39, 0.29) is 28.9 Å². The van der Waals surface area contributed by atoms with E-state index in [9.17, 15) is 13.5 Å². The van der Waals surface area contributed by atoms with Crippen molar-refractivity contribution in [2.45, 2.75) is 63.9 Å². The molecule has 25 heavy (non-hydrogen) atoms. The molecule has 5 heteroatoms. The van der Waals surface area contributed by atoms with Gasteiger partial charge in [-0.2, -0.15) is 8.42 Å². The molecule has 0 aliphatic heterocycles. The highest BCUT2D eigenvalue weighted by molar-refractivity contribution is 7.86. The molecule has 3 rings (SSSR count). The summed E-state index contributed by atoms with van der Waals surface area (Å²) in [7, 11) is -3.71. The lowest BCUT2D eigenvalue weighted by molar-refractivity contribution is -0.0307. The zero-order valence-electron chi connectivity index (χ0n) is 15.4. The first-order valence-corrected chi connectivity index (χ1v) is 10.8. The van der Waals surface area contributed by atoms with Crippen molar-refractivity contribution in [1.82, 2.24) is 0 Å². The van der Waals surface area contributed by atoms with Crippen LogP contribution in [0.4, 0.5) is 0 Å². The summed E-state index contributed by atoms with van der Waals surface area (Å²) in [6.07, 6.45) is 4.96. The average molecular weight is 367 g/mol. The van der Waals surface area contributed by atoms with Gasteiger partial charge in [0.25, 0.3) is 10.1 Å². The second kappa shape index (κ2) is 7.01. The first-order chi connectivity index (χ1) is 11.7. The van der Waals surface area contributed by atoms with E-state index in [0.29, 0.717) is 11.8 Å². The summed E-state index contributed by atoms with van der Waals surface area (Å²) in [5, 5.41) is 10.3. The van der Waals surface area contributed by atoms with Gasteiger partial charge in [-0.15, -0.1) is 0 Å². The van der Waals surface area contributed by atoms with Gasteiger partial charge in [0.15, 0.2) is 0 Å². The van der Waals surface area contributed by atoms with Crippen LogP contribution in [-0.2, 0) is 14.3 Å². The molecule has 0 spiro atoms. The van der Waals surface area contributed by atoms with Crippen molar-refractivity contribution in [3.8, 4) is 0 Å². The Hall–Kier alpha value is -0.910. The third-order valence-electron chi connectivity index (χ3n) is 6.65. The molecule has 0 amide bonds. The fourth-order valence-electron chi connectivity index (χ4n) is 5.21. The maximum absolute atomic E-state index is 12.4. The molecular formula is C20H30O4S. The summed E-state index contributed by atoms with van der Waals surface area (Å²) < 4.78 is 30.2. The Balaban J connectivity index is 1.66. The molecule has 140 valence electrons. The summed E-state index contributed by atoms with van der Waals surface area (Å²) >= 11 is 0. The zero-order valence-corrected chi connectivity index (χ0v) is 16.3. The molecule has 0 bridgehead atoms. The van der Waals surface area contributed by atoms with Crippen molar-refractivity contribution in [2.24, 2.45) is 23.2 Å². The standard InChI is InChI=1S/C20H30O4S/c1-14-6-8-16(9-7-14)25(22,23)24-13-15(2)17-10-11-18-19(21)5-4-12-20(17,18)3/h6-9,15,17-19,21H,4-5,10-13H2,1-3H3/t15-,17?,18?,19+,20-/m1/s1. The predicted molar refractivity (Wildman–Crippen MR) is 97.7 cm³/mol. The number of fused-ring (bicyclic) bond motifs is 1. The molecule has 1 N–H and O–H groups in total. The smallest absolute Gasteiger partial charge is 0.296 e. The molecule has 4 nitrogen and oxygen atoms in total. The van der Waals surface area contributed by atoms with E-state index in [4.69, 9.17) is 4.18 Å². The molecule has 1 aromatic carbocycles. The van der Waals surface area contributed by atoms with Crippen molar-refractivity contribution in [1.29, 1.82) is 0 Å². The van der Waals surface area contributed by atoms with Crippen LogP contribution >= 0.6 is 0 Å². The van der Waals surface area contributed by atoms with Gasteiger partial charge < -0.3 is 5.11 Å². The number of rotatable bonds is 5. The van der Waals surface area contributed by atoms with Crippen LogP contribution < -0.4 is 0 Å². The van der Waals surface area contributed by atoms with Gasteiger partial charge in [-0.05, 0) is 67.9 Å². The minimum absolute atomic E-state index is 0.105. The molecule has 0 heterocycles. The van der Waals surface area contributed by atoms with Gasteiger partial charge in [0.05, 0.1) is 17.6 Å². The topological polar surface area (TPSA) is 63.6 Å². The van der Waals surface area contributed by atoms with E-state index in [1.807, 2.05) is 6.92 Å². The van der Waals surface area contributed by atoms with E-state index in [1.54, 1.807) is 24.3 Å². The molecule has 0 saturated heterocycles. The summed E-state index contributed by atoms with van der Waals surface area (Å²) in [5.74, 6) is 0.906. The van der Waals surface area contributed by atoms with Crippen LogP contribution in [0, 0.1) is 30.1 Å². The lowest BCUT2D eigenvalue weighted by atomic mass is 9.62. The Bertz CT molecular complexity index is 697. The van der Waals surface area contributed by atoms with Gasteiger partial charge in [0, 0.05) is 0 Å². The van der Waals surface area contributed by atoms with Gasteiger partial charge in [0.1, 0.15) is 0 Å². The van der Waals surface area contributed by atoms with E-state index in [0.717, 1.165) is 37.7 Å². The first kappa shape index (κ1) is 18.9. The van der Waals surface area contributed by atoms with E-state index in [1.165, 1.54) is 0 Å². The number of hydrogen-bond donors (Lipinski definition) is 1. The van der Waals surface area contributed by atoms with Gasteiger partial charge in [-0.25, -0.2) is 0 Å². The van der Waals surface area contributed by atoms with Crippen LogP contribution in [0.2, 0.25) is 0 Å². The van der Waals surface area contributed by atoms with Crippen LogP contribution in [0.15, 0.2) is 29.2 Å². The Kier molecular flexibility index (Phi) is 5.29. The molecule has 2 aliphatic rings. The number of aliphatic hydroxyl groups excluding tert-OH is 1. The fourth-order valence-corrected chi connectivity index (χ4v) is 6.21. The van der Waals surface area contributed by atoms with Gasteiger partial charge in [-0.1, -0.05) is 38.0 Å². The van der Waals surface area contributed by atoms with Crippen LogP contribution in [0.3, 0.4) is 0 Å². The van der Waals surface area contributed by atoms with Crippen LogP contribution in [0.5, 0.6) is 0 Å². The number of aliphatic hydroxyl groups is 1. The molecular weight excluding hydrogens is 336 g/mol. The number of aryl methyl sites for hydroxylation is 1. The molecule has 2 unspecified atom stereocenters. The summed E-state index contributed by atoms with van der Waals surface area (Å²) in [5.41, 5.74) is 1.13. The van der Waals surface area contributed by atoms with Crippen molar-refractivity contribution in [3.63, 3.8) is 0 Å². The fraction of sp³-hybridized carbons (Fsp3) is 0.700. The molecule has 2 fully saturated rings. The maximum Gasteiger partial charge on any atom is 0.296 e. The zero-order chi connectivity index (χ0) is 18.2. The lowest BCUT2D eigenvalue weighted by Crippen LogP contribution is -2.42. The molecule has 5 atom stereocenters. The molecule has 2 saturated carbocycles. The Morgan fingerprint density at radius 1 is 1.24 bits per heavy atom. The van der Waals surface area contributed by atoms with Crippen LogP contribution in [-0.4, -0.2) is 26.2 Å². The third kappa shape index (κ3) is 3.64. The SMILES string of the molecule is Cc1ccc(S(=O)(=O)OC[C@@H](C)C2CCC3[C@@H](O)CCC[C@]23C)cc1. The molecule has 1 aromatic rings. The third-order valence-corrected chi connectivity index (χ3v) is 7.94. The van der Waals surface area contributed by atoms with Crippen LogP contribution in [0.1, 0.15) is 51.5 Å². The van der Waals surface area contributed by atoms with Crippen LogP contribution in [0.25, 0.3) is 0 Å². The summed E-state index contributed by atoms with van der Waals surface area (Å²) in [6.45, 7) is 6.50. The highest BCUT2D eigenvalue weighted by Gasteiger charge is 2.52. The molecule has 0 aromatic heterocycles. The Morgan fingerprint density at radius 3 is 2.60 bits per heavy atom. The van der Waals surface area contributed by atoms with Gasteiger partial charge in [-0.3, -0.25) is 4.18 Å². The number of hydrogen-bond acceptors (Lipinski definition) is 4. The highest BCUT2D eigenvalue weighted by Crippen LogP contribution is 2.57. The first-order valence-electron chi connectivity index (χ1n) is 9.38. The monoisotopic (exact) mass is 366 g/mol. The lowest BCUT2D eigenvalue weighted by Gasteiger charge is -2.45. The largest absolute Gasteiger partial charge is 0.393 e. The normalized spacial score (nSPS) is 33.8. The van der Waals surface area contributed by atoms with E-state index >= 15 is 0 Å². The van der Waals surface area contributed by atoms with Crippen molar-refractivity contribution in [3.05, 3.63) is 29.8 Å². The number of benzene rings is 1. The molecule has 0 radical (unpaired) electrons. The average Bonchev–Trinajstić information content (AvgIpc) is 2.92. The van der Waals surface area contributed by atoms with Crippen molar-refractivity contribution < 1.29 is 17.7 Å². The Morgan fingerprint density at radius 2 is 1.92 bits per heavy atom. The Labute approximate surface area is 151 Å².